The third kappa shape index (κ3) is 2.88. The molecule has 0 amide bonds. The molecule has 1 heterocycles. The summed E-state index contributed by atoms with van der Waals surface area (Å²) in [5.74, 6) is 0.255. The van der Waals surface area contributed by atoms with Gasteiger partial charge in [0, 0.05) is 31.7 Å². The SMILES string of the molecule is NCC1(F)CCCN(c2ccc(O)cc2)CC1. The number of alkyl halides is 1. The van der Waals surface area contributed by atoms with Crippen LogP contribution in [0.5, 0.6) is 5.75 Å². The Bertz CT molecular complexity index is 368. The van der Waals surface area contributed by atoms with E-state index in [0.717, 1.165) is 18.7 Å². The largest absolute Gasteiger partial charge is 0.508 e. The fourth-order valence-electron chi connectivity index (χ4n) is 2.28. The molecule has 0 spiro atoms. The van der Waals surface area contributed by atoms with Crippen LogP contribution in [-0.4, -0.2) is 30.4 Å². The Labute approximate surface area is 101 Å². The number of hydrogen-bond donors (Lipinski definition) is 2. The molecule has 2 rings (SSSR count). The van der Waals surface area contributed by atoms with Crippen LogP contribution in [-0.2, 0) is 0 Å². The quantitative estimate of drug-likeness (QED) is 0.829. The molecular weight excluding hydrogens is 219 g/mol. The van der Waals surface area contributed by atoms with Gasteiger partial charge < -0.3 is 15.7 Å². The zero-order chi connectivity index (χ0) is 12.3. The van der Waals surface area contributed by atoms with Crippen molar-refractivity contribution in [2.75, 3.05) is 24.5 Å². The first-order valence-electron chi connectivity index (χ1n) is 6.06. The number of halogens is 1. The Morgan fingerprint density at radius 1 is 1.24 bits per heavy atom. The topological polar surface area (TPSA) is 49.5 Å². The number of nitrogens with two attached hydrogens (primary N) is 1. The predicted octanol–water partition coefficient (Wildman–Crippen LogP) is 2.05. The zero-order valence-corrected chi connectivity index (χ0v) is 9.90. The number of phenolic OH excluding ortho intramolecular Hbond substituents is 1. The molecule has 4 heteroatoms. The average molecular weight is 238 g/mol. The summed E-state index contributed by atoms with van der Waals surface area (Å²) in [4.78, 5) is 2.15. The first-order valence-corrected chi connectivity index (χ1v) is 6.06. The van der Waals surface area contributed by atoms with E-state index in [4.69, 9.17) is 5.73 Å². The molecule has 0 aromatic heterocycles. The number of aromatic hydroxyl groups is 1. The van der Waals surface area contributed by atoms with Crippen molar-refractivity contribution in [3.63, 3.8) is 0 Å². The summed E-state index contributed by atoms with van der Waals surface area (Å²) < 4.78 is 14.1. The predicted molar refractivity (Wildman–Crippen MR) is 67.1 cm³/mol. The van der Waals surface area contributed by atoms with E-state index >= 15 is 0 Å². The highest BCUT2D eigenvalue weighted by atomic mass is 19.1. The van der Waals surface area contributed by atoms with Crippen molar-refractivity contribution in [2.24, 2.45) is 5.73 Å². The maximum absolute atomic E-state index is 14.1. The van der Waals surface area contributed by atoms with E-state index < -0.39 is 5.67 Å². The van der Waals surface area contributed by atoms with Crippen molar-refractivity contribution in [3.8, 4) is 5.75 Å². The highest BCUT2D eigenvalue weighted by Crippen LogP contribution is 2.28. The highest BCUT2D eigenvalue weighted by molar-refractivity contribution is 5.48. The molecule has 17 heavy (non-hydrogen) atoms. The van der Waals surface area contributed by atoms with E-state index in [1.165, 1.54) is 0 Å². The molecule has 1 atom stereocenters. The molecule has 0 aliphatic carbocycles. The molecular formula is C13H19FN2O. The van der Waals surface area contributed by atoms with Gasteiger partial charge in [-0.2, -0.15) is 0 Å². The van der Waals surface area contributed by atoms with Crippen LogP contribution < -0.4 is 10.6 Å². The minimum atomic E-state index is -1.20. The normalized spacial score (nSPS) is 25.6. The minimum absolute atomic E-state index is 0.108. The second-order valence-electron chi connectivity index (χ2n) is 4.71. The van der Waals surface area contributed by atoms with Gasteiger partial charge in [0.05, 0.1) is 0 Å². The molecule has 1 aliphatic heterocycles. The summed E-state index contributed by atoms with van der Waals surface area (Å²) in [7, 11) is 0. The molecule has 0 saturated carbocycles. The van der Waals surface area contributed by atoms with Gasteiger partial charge in [-0.1, -0.05) is 0 Å². The van der Waals surface area contributed by atoms with Crippen LogP contribution in [0.3, 0.4) is 0 Å². The van der Waals surface area contributed by atoms with Gasteiger partial charge in [0.15, 0.2) is 0 Å². The molecule has 1 aromatic rings. The molecule has 3 N–H and O–H groups in total. The standard InChI is InChI=1S/C13H19FN2O/c14-13(10-15)6-1-8-16(9-7-13)11-2-4-12(17)5-3-11/h2-5,17H,1,6-10,15H2. The molecule has 1 fully saturated rings. The second kappa shape index (κ2) is 4.92. The van der Waals surface area contributed by atoms with Gasteiger partial charge in [0.2, 0.25) is 0 Å². The lowest BCUT2D eigenvalue weighted by Gasteiger charge is -2.24. The fraction of sp³-hybridized carbons (Fsp3) is 0.538. The Balaban J connectivity index is 2.06. The number of anilines is 1. The van der Waals surface area contributed by atoms with Crippen molar-refractivity contribution in [1.29, 1.82) is 0 Å². The second-order valence-corrected chi connectivity index (χ2v) is 4.71. The van der Waals surface area contributed by atoms with Gasteiger partial charge in [0.1, 0.15) is 11.4 Å². The van der Waals surface area contributed by atoms with Crippen LogP contribution >= 0.6 is 0 Å². The lowest BCUT2D eigenvalue weighted by Crippen LogP contribution is -2.34. The molecule has 1 aromatic carbocycles. The molecule has 1 saturated heterocycles. The Morgan fingerprint density at radius 2 is 1.94 bits per heavy atom. The Kier molecular flexibility index (Phi) is 3.52. The van der Waals surface area contributed by atoms with Crippen molar-refractivity contribution >= 4 is 5.69 Å². The van der Waals surface area contributed by atoms with E-state index in [-0.39, 0.29) is 12.3 Å². The molecule has 1 aliphatic rings. The average Bonchev–Trinajstić information content (AvgIpc) is 2.53. The highest BCUT2D eigenvalue weighted by Gasteiger charge is 2.30. The number of phenols is 1. The van der Waals surface area contributed by atoms with Crippen molar-refractivity contribution in [1.82, 2.24) is 0 Å². The van der Waals surface area contributed by atoms with Crippen molar-refractivity contribution < 1.29 is 9.50 Å². The van der Waals surface area contributed by atoms with Gasteiger partial charge in [-0.25, -0.2) is 4.39 Å². The molecule has 0 radical (unpaired) electrons. The van der Waals surface area contributed by atoms with Crippen LogP contribution in [0.25, 0.3) is 0 Å². The molecule has 1 unspecified atom stereocenters. The summed E-state index contributed by atoms with van der Waals surface area (Å²) in [6, 6.07) is 7.05. The number of benzene rings is 1. The summed E-state index contributed by atoms with van der Waals surface area (Å²) in [5, 5.41) is 9.24. The zero-order valence-electron chi connectivity index (χ0n) is 9.90. The van der Waals surface area contributed by atoms with Crippen molar-refractivity contribution in [3.05, 3.63) is 24.3 Å². The van der Waals surface area contributed by atoms with Gasteiger partial charge in [-0.3, -0.25) is 0 Å². The van der Waals surface area contributed by atoms with Crippen LogP contribution in [0.4, 0.5) is 10.1 Å². The van der Waals surface area contributed by atoms with E-state index in [1.807, 2.05) is 12.1 Å². The van der Waals surface area contributed by atoms with Crippen LogP contribution in [0.2, 0.25) is 0 Å². The van der Waals surface area contributed by atoms with Crippen LogP contribution in [0, 0.1) is 0 Å². The lowest BCUT2D eigenvalue weighted by atomic mass is 9.97. The monoisotopic (exact) mass is 238 g/mol. The third-order valence-electron chi connectivity index (χ3n) is 3.46. The summed E-state index contributed by atoms with van der Waals surface area (Å²) in [5.41, 5.74) is 5.31. The Hall–Kier alpha value is -1.29. The maximum atomic E-state index is 14.1. The van der Waals surface area contributed by atoms with Crippen LogP contribution in [0.1, 0.15) is 19.3 Å². The van der Waals surface area contributed by atoms with Crippen LogP contribution in [0.15, 0.2) is 24.3 Å². The molecule has 0 bridgehead atoms. The van der Waals surface area contributed by atoms with Gasteiger partial charge >= 0.3 is 0 Å². The lowest BCUT2D eigenvalue weighted by molar-refractivity contribution is 0.155. The van der Waals surface area contributed by atoms with E-state index in [1.54, 1.807) is 12.1 Å². The number of rotatable bonds is 2. The summed E-state index contributed by atoms with van der Waals surface area (Å²) in [6.07, 6.45) is 1.83. The number of hydrogen-bond acceptors (Lipinski definition) is 3. The summed E-state index contributed by atoms with van der Waals surface area (Å²) in [6.45, 7) is 1.63. The minimum Gasteiger partial charge on any atom is -0.508 e. The number of nitrogens with zero attached hydrogens (tertiary/aromatic N) is 1. The smallest absolute Gasteiger partial charge is 0.124 e. The van der Waals surface area contributed by atoms with Gasteiger partial charge in [0.25, 0.3) is 0 Å². The fourth-order valence-corrected chi connectivity index (χ4v) is 2.28. The first kappa shape index (κ1) is 12.2. The first-order chi connectivity index (χ1) is 8.13. The van der Waals surface area contributed by atoms with E-state index in [2.05, 4.69) is 4.90 Å². The third-order valence-corrected chi connectivity index (χ3v) is 3.46. The Morgan fingerprint density at radius 3 is 2.59 bits per heavy atom. The van der Waals surface area contributed by atoms with Gasteiger partial charge in [-0.05, 0) is 37.1 Å². The van der Waals surface area contributed by atoms with E-state index in [9.17, 15) is 9.50 Å². The molecule has 94 valence electrons. The summed E-state index contributed by atoms with van der Waals surface area (Å²) >= 11 is 0. The maximum Gasteiger partial charge on any atom is 0.124 e. The molecule has 3 nitrogen and oxygen atoms in total. The van der Waals surface area contributed by atoms with Crippen molar-refractivity contribution in [2.45, 2.75) is 24.9 Å². The van der Waals surface area contributed by atoms with Gasteiger partial charge in [-0.15, -0.1) is 0 Å². The van der Waals surface area contributed by atoms with E-state index in [0.29, 0.717) is 19.4 Å².